The molecule has 2 aromatic carbocycles. The van der Waals surface area contributed by atoms with Gasteiger partial charge >= 0.3 is 0 Å². The van der Waals surface area contributed by atoms with E-state index in [0.29, 0.717) is 36.4 Å². The zero-order valence-electron chi connectivity index (χ0n) is 19.8. The molecule has 180 valence electrons. The molecule has 0 bridgehead atoms. The van der Waals surface area contributed by atoms with Gasteiger partial charge in [-0.1, -0.05) is 18.2 Å². The minimum atomic E-state index is -0.776. The zero-order chi connectivity index (χ0) is 24.6. The second kappa shape index (κ2) is 9.19. The summed E-state index contributed by atoms with van der Waals surface area (Å²) in [5.41, 5.74) is 1.14. The van der Waals surface area contributed by atoms with Gasteiger partial charge in [-0.15, -0.1) is 11.3 Å². The van der Waals surface area contributed by atoms with Gasteiger partial charge in [0.2, 0.25) is 11.8 Å². The highest BCUT2D eigenvalue weighted by molar-refractivity contribution is 7.09. The van der Waals surface area contributed by atoms with E-state index in [0.717, 1.165) is 10.6 Å². The van der Waals surface area contributed by atoms with E-state index in [-0.39, 0.29) is 30.7 Å². The number of fused-ring (bicyclic) bond motifs is 3. The first-order chi connectivity index (χ1) is 16.9. The fourth-order valence-electron chi connectivity index (χ4n) is 5.03. The number of thiophene rings is 1. The maximum Gasteiger partial charge on any atom is 0.257 e. The second-order valence-electron chi connectivity index (χ2n) is 8.93. The van der Waals surface area contributed by atoms with Crippen molar-refractivity contribution in [3.8, 4) is 5.75 Å². The number of hydrogen-bond donors (Lipinski definition) is 0. The number of rotatable bonds is 7. The summed E-state index contributed by atoms with van der Waals surface area (Å²) in [7, 11) is 1.61. The number of anilines is 2. The molecular weight excluding hydrogens is 462 g/mol. The lowest BCUT2D eigenvalue weighted by Crippen LogP contribution is -2.62. The Balaban J connectivity index is 1.40. The molecule has 1 aromatic heterocycles. The first-order valence-corrected chi connectivity index (χ1v) is 12.5. The molecule has 0 N–H and O–H groups in total. The van der Waals surface area contributed by atoms with Crippen molar-refractivity contribution in [2.75, 3.05) is 23.5 Å². The van der Waals surface area contributed by atoms with Crippen LogP contribution in [-0.4, -0.2) is 41.9 Å². The third-order valence-corrected chi connectivity index (χ3v) is 7.74. The van der Waals surface area contributed by atoms with E-state index < -0.39 is 5.66 Å². The van der Waals surface area contributed by atoms with E-state index in [1.165, 1.54) is 0 Å². The number of para-hydroxylation sites is 1. The van der Waals surface area contributed by atoms with Crippen molar-refractivity contribution in [2.24, 2.45) is 0 Å². The molecule has 1 atom stereocenters. The van der Waals surface area contributed by atoms with Gasteiger partial charge in [-0.3, -0.25) is 19.3 Å². The normalized spacial score (nSPS) is 18.9. The summed E-state index contributed by atoms with van der Waals surface area (Å²) in [5.74, 6) is 0.487. The van der Waals surface area contributed by atoms with E-state index in [9.17, 15) is 14.4 Å². The van der Waals surface area contributed by atoms with Crippen LogP contribution >= 0.6 is 11.3 Å². The summed E-state index contributed by atoms with van der Waals surface area (Å²) in [4.78, 5) is 46.1. The first-order valence-electron chi connectivity index (χ1n) is 11.6. The molecule has 0 radical (unpaired) electrons. The van der Waals surface area contributed by atoms with Crippen LogP contribution in [0.2, 0.25) is 0 Å². The number of benzene rings is 2. The number of methoxy groups -OCH3 is 1. The molecule has 7 nitrogen and oxygen atoms in total. The van der Waals surface area contributed by atoms with Gasteiger partial charge in [0.05, 0.1) is 24.9 Å². The van der Waals surface area contributed by atoms with Gasteiger partial charge in [-0.2, -0.15) is 0 Å². The molecule has 0 saturated carbocycles. The molecule has 2 aliphatic rings. The van der Waals surface area contributed by atoms with E-state index in [2.05, 4.69) is 0 Å². The number of carbonyl (C=O) groups is 3. The van der Waals surface area contributed by atoms with Gasteiger partial charge in [-0.25, -0.2) is 0 Å². The van der Waals surface area contributed by atoms with Gasteiger partial charge in [0.25, 0.3) is 5.91 Å². The Hall–Kier alpha value is -3.65. The number of hydrogen-bond acceptors (Lipinski definition) is 5. The maximum atomic E-state index is 13.6. The molecule has 35 heavy (non-hydrogen) atoms. The predicted molar refractivity (Wildman–Crippen MR) is 136 cm³/mol. The van der Waals surface area contributed by atoms with Crippen LogP contribution < -0.4 is 14.5 Å². The molecule has 2 aliphatic heterocycles. The van der Waals surface area contributed by atoms with Crippen molar-refractivity contribution in [1.29, 1.82) is 0 Å². The fraction of sp³-hybridized carbons (Fsp3) is 0.296. The van der Waals surface area contributed by atoms with Crippen molar-refractivity contribution >= 4 is 40.4 Å². The SMILES string of the molecule is COc1ccc(N(Cc2cccs2)C(=O)CCN2C(=O)c3ccccc3N3C(=O)CCC23C)cc1. The van der Waals surface area contributed by atoms with Crippen molar-refractivity contribution in [2.45, 2.75) is 38.4 Å². The number of amides is 3. The highest BCUT2D eigenvalue weighted by Gasteiger charge is 2.52. The summed E-state index contributed by atoms with van der Waals surface area (Å²) in [5, 5.41) is 1.99. The summed E-state index contributed by atoms with van der Waals surface area (Å²) in [6, 6.07) is 18.6. The van der Waals surface area contributed by atoms with Crippen molar-refractivity contribution in [3.63, 3.8) is 0 Å². The van der Waals surface area contributed by atoms with Crippen LogP contribution in [0, 0.1) is 0 Å². The van der Waals surface area contributed by atoms with Crippen LogP contribution in [0.25, 0.3) is 0 Å². The molecule has 8 heteroatoms. The minimum Gasteiger partial charge on any atom is -0.497 e. The average molecular weight is 490 g/mol. The Kier molecular flexibility index (Phi) is 6.06. The number of ether oxygens (including phenoxy) is 1. The lowest BCUT2D eigenvalue weighted by molar-refractivity contribution is -0.119. The standard InChI is InChI=1S/C27H27N3O4S/c1-27-15-13-25(32)30(27)23-8-4-3-7-22(23)26(33)29(27)16-14-24(31)28(18-21-6-5-17-35-21)19-9-11-20(34-2)12-10-19/h3-12,17H,13-16,18H2,1-2H3. The summed E-state index contributed by atoms with van der Waals surface area (Å²) >= 11 is 1.59. The second-order valence-corrected chi connectivity index (χ2v) is 9.96. The lowest BCUT2D eigenvalue weighted by atomic mass is 9.98. The zero-order valence-corrected chi connectivity index (χ0v) is 20.6. The van der Waals surface area contributed by atoms with Gasteiger partial charge < -0.3 is 14.5 Å². The van der Waals surface area contributed by atoms with Crippen LogP contribution in [0.15, 0.2) is 66.0 Å². The van der Waals surface area contributed by atoms with Crippen LogP contribution in [0.5, 0.6) is 5.75 Å². The quantitative estimate of drug-likeness (QED) is 0.483. The van der Waals surface area contributed by atoms with Crippen LogP contribution in [0.3, 0.4) is 0 Å². The minimum absolute atomic E-state index is 0.00123. The van der Waals surface area contributed by atoms with Crippen LogP contribution in [0.1, 0.15) is 41.4 Å². The molecule has 1 unspecified atom stereocenters. The summed E-state index contributed by atoms with van der Waals surface area (Å²) in [6.07, 6.45) is 1.05. The average Bonchev–Trinajstić information content (AvgIpc) is 3.50. The lowest BCUT2D eigenvalue weighted by Gasteiger charge is -2.48. The molecule has 0 spiro atoms. The molecule has 3 aromatic rings. The third kappa shape index (κ3) is 4.08. The molecule has 0 aliphatic carbocycles. The van der Waals surface area contributed by atoms with Gasteiger partial charge in [0, 0.05) is 30.0 Å². The van der Waals surface area contributed by atoms with E-state index in [1.807, 2.05) is 60.8 Å². The summed E-state index contributed by atoms with van der Waals surface area (Å²) in [6.45, 7) is 2.59. The van der Waals surface area contributed by atoms with Gasteiger partial charge in [0.1, 0.15) is 11.4 Å². The largest absolute Gasteiger partial charge is 0.497 e. The Morgan fingerprint density at radius 1 is 1.09 bits per heavy atom. The smallest absolute Gasteiger partial charge is 0.257 e. The highest BCUT2D eigenvalue weighted by Crippen LogP contribution is 2.44. The number of carbonyl (C=O) groups excluding carboxylic acids is 3. The van der Waals surface area contributed by atoms with Crippen LogP contribution in [0.4, 0.5) is 11.4 Å². The topological polar surface area (TPSA) is 70.2 Å². The Labute approximate surface area is 208 Å². The molecule has 1 fully saturated rings. The van der Waals surface area contributed by atoms with Crippen molar-refractivity contribution < 1.29 is 19.1 Å². The number of nitrogens with zero attached hydrogens (tertiary/aromatic N) is 3. The molecule has 1 saturated heterocycles. The molecule has 5 rings (SSSR count). The predicted octanol–water partition coefficient (Wildman–Crippen LogP) is 4.68. The van der Waals surface area contributed by atoms with Crippen molar-refractivity contribution in [1.82, 2.24) is 4.90 Å². The Bertz CT molecular complexity index is 1260. The molecular formula is C27H27N3O4S. The highest BCUT2D eigenvalue weighted by atomic mass is 32.1. The monoisotopic (exact) mass is 489 g/mol. The Morgan fingerprint density at radius 3 is 2.57 bits per heavy atom. The fourth-order valence-corrected chi connectivity index (χ4v) is 5.72. The van der Waals surface area contributed by atoms with E-state index in [4.69, 9.17) is 4.74 Å². The van der Waals surface area contributed by atoms with Gasteiger partial charge in [0.15, 0.2) is 0 Å². The molecule has 3 heterocycles. The Morgan fingerprint density at radius 2 is 1.86 bits per heavy atom. The first kappa shape index (κ1) is 23.1. The summed E-state index contributed by atoms with van der Waals surface area (Å²) < 4.78 is 5.26. The van der Waals surface area contributed by atoms with E-state index >= 15 is 0 Å². The maximum absolute atomic E-state index is 13.6. The van der Waals surface area contributed by atoms with Crippen molar-refractivity contribution in [3.05, 3.63) is 76.5 Å². The van der Waals surface area contributed by atoms with Crippen LogP contribution in [-0.2, 0) is 16.1 Å². The van der Waals surface area contributed by atoms with Gasteiger partial charge in [-0.05, 0) is 61.2 Å². The third-order valence-electron chi connectivity index (χ3n) is 6.87. The molecule has 3 amide bonds. The van der Waals surface area contributed by atoms with E-state index in [1.54, 1.807) is 45.3 Å².